The first kappa shape index (κ1) is 18.9. The monoisotopic (exact) mass is 482 g/mol. The summed E-state index contributed by atoms with van der Waals surface area (Å²) >= 11 is 6.08. The number of halogens is 2. The van der Waals surface area contributed by atoms with Gasteiger partial charge in [-0.2, -0.15) is 0 Å². The van der Waals surface area contributed by atoms with Gasteiger partial charge in [-0.3, -0.25) is 9.39 Å². The van der Waals surface area contributed by atoms with E-state index in [9.17, 15) is 0 Å². The van der Waals surface area contributed by atoms with Crippen molar-refractivity contribution in [3.8, 4) is 0 Å². The van der Waals surface area contributed by atoms with E-state index in [1.807, 2.05) is 47.0 Å². The maximum Gasteiger partial charge on any atom is 0.191 e. The number of aromatic nitrogens is 3. The van der Waals surface area contributed by atoms with E-state index in [-0.39, 0.29) is 24.0 Å². The summed E-state index contributed by atoms with van der Waals surface area (Å²) in [6.07, 6.45) is 3.04. The molecule has 8 heteroatoms. The molecule has 0 amide bonds. The minimum atomic E-state index is 0. The summed E-state index contributed by atoms with van der Waals surface area (Å²) in [7, 11) is 1.77. The third kappa shape index (κ3) is 4.09. The molecule has 3 aromatic rings. The summed E-state index contributed by atoms with van der Waals surface area (Å²) in [4.78, 5) is 4.30. The van der Waals surface area contributed by atoms with Gasteiger partial charge in [-0.05, 0) is 36.2 Å². The Kier molecular flexibility index (Phi) is 5.98. The Hall–Kier alpha value is -1.87. The molecule has 0 spiro atoms. The third-order valence-electron chi connectivity index (χ3n) is 4.41. The van der Waals surface area contributed by atoms with Crippen molar-refractivity contribution in [2.45, 2.75) is 24.9 Å². The van der Waals surface area contributed by atoms with Gasteiger partial charge in [0.2, 0.25) is 0 Å². The number of guanidine groups is 1. The second-order valence-electron chi connectivity index (χ2n) is 6.12. The first-order chi connectivity index (χ1) is 12.2. The van der Waals surface area contributed by atoms with Crippen LogP contribution in [0.5, 0.6) is 0 Å². The highest BCUT2D eigenvalue weighted by Gasteiger charge is 2.39. The van der Waals surface area contributed by atoms with Gasteiger partial charge in [0.15, 0.2) is 17.4 Å². The molecule has 0 saturated heterocycles. The van der Waals surface area contributed by atoms with E-state index < -0.39 is 0 Å². The van der Waals surface area contributed by atoms with E-state index in [1.54, 1.807) is 7.05 Å². The SMILES string of the molecule is CN=C(NCc1nnc2ccccn12)NC1CC1c1cccc(Cl)c1.I. The molecule has 1 aliphatic rings. The van der Waals surface area contributed by atoms with Crippen LogP contribution >= 0.6 is 35.6 Å². The number of aliphatic imine (C=N–C) groups is 1. The molecule has 2 atom stereocenters. The Labute approximate surface area is 174 Å². The Bertz CT molecular complexity index is 925. The highest BCUT2D eigenvalue weighted by molar-refractivity contribution is 14.0. The molecule has 2 heterocycles. The zero-order valence-electron chi connectivity index (χ0n) is 14.3. The lowest BCUT2D eigenvalue weighted by Gasteiger charge is -2.11. The number of fused-ring (bicyclic) bond motifs is 1. The van der Waals surface area contributed by atoms with Crippen LogP contribution in [0.15, 0.2) is 53.7 Å². The van der Waals surface area contributed by atoms with E-state index in [4.69, 9.17) is 11.6 Å². The van der Waals surface area contributed by atoms with Crippen molar-refractivity contribution in [1.82, 2.24) is 25.2 Å². The van der Waals surface area contributed by atoms with E-state index in [0.717, 1.165) is 28.9 Å². The topological polar surface area (TPSA) is 66.6 Å². The summed E-state index contributed by atoms with van der Waals surface area (Å²) in [5.41, 5.74) is 2.11. The molecular weight excluding hydrogens is 463 g/mol. The molecule has 1 aromatic carbocycles. The Morgan fingerprint density at radius 2 is 2.15 bits per heavy atom. The standard InChI is InChI=1S/C18H19ClN6.HI/c1-20-18(21-11-17-24-23-16-7-2-3-8-25(16)17)22-15-10-14(15)12-5-4-6-13(19)9-12;/h2-9,14-15H,10-11H2,1H3,(H2,20,21,22);1H. The fourth-order valence-corrected chi connectivity index (χ4v) is 3.20. The molecule has 0 radical (unpaired) electrons. The van der Waals surface area contributed by atoms with Crippen LogP contribution in [0.2, 0.25) is 5.02 Å². The van der Waals surface area contributed by atoms with Crippen LogP contribution in [0.25, 0.3) is 5.65 Å². The predicted octanol–water partition coefficient (Wildman–Crippen LogP) is 3.22. The molecule has 26 heavy (non-hydrogen) atoms. The molecule has 136 valence electrons. The van der Waals surface area contributed by atoms with Gasteiger partial charge < -0.3 is 10.6 Å². The molecule has 2 N–H and O–H groups in total. The lowest BCUT2D eigenvalue weighted by atomic mass is 10.1. The number of pyridine rings is 1. The van der Waals surface area contributed by atoms with E-state index >= 15 is 0 Å². The molecule has 6 nitrogen and oxygen atoms in total. The zero-order valence-corrected chi connectivity index (χ0v) is 17.3. The van der Waals surface area contributed by atoms with Gasteiger partial charge in [-0.25, -0.2) is 0 Å². The van der Waals surface area contributed by atoms with Crippen LogP contribution in [-0.4, -0.2) is 33.6 Å². The lowest BCUT2D eigenvalue weighted by molar-refractivity contribution is 0.753. The number of benzene rings is 1. The molecule has 2 unspecified atom stereocenters. The molecule has 4 rings (SSSR count). The van der Waals surface area contributed by atoms with Gasteiger partial charge in [0.25, 0.3) is 0 Å². The second kappa shape index (κ2) is 8.22. The zero-order chi connectivity index (χ0) is 17.2. The first-order valence-electron chi connectivity index (χ1n) is 8.26. The highest BCUT2D eigenvalue weighted by Crippen LogP contribution is 2.41. The van der Waals surface area contributed by atoms with Gasteiger partial charge in [0.1, 0.15) is 0 Å². The summed E-state index contributed by atoms with van der Waals surface area (Å²) in [6.45, 7) is 0.555. The fraction of sp³-hybridized carbons (Fsp3) is 0.278. The first-order valence-corrected chi connectivity index (χ1v) is 8.63. The van der Waals surface area contributed by atoms with E-state index in [1.165, 1.54) is 5.56 Å². The number of hydrogen-bond acceptors (Lipinski definition) is 3. The smallest absolute Gasteiger partial charge is 0.191 e. The van der Waals surface area contributed by atoms with Crippen LogP contribution in [-0.2, 0) is 6.54 Å². The van der Waals surface area contributed by atoms with Gasteiger partial charge in [-0.1, -0.05) is 29.8 Å². The van der Waals surface area contributed by atoms with Crippen LogP contribution in [0.3, 0.4) is 0 Å². The van der Waals surface area contributed by atoms with Crippen molar-refractivity contribution < 1.29 is 0 Å². The van der Waals surface area contributed by atoms with Crippen molar-refractivity contribution in [3.63, 3.8) is 0 Å². The van der Waals surface area contributed by atoms with Crippen molar-refractivity contribution in [1.29, 1.82) is 0 Å². The molecule has 1 saturated carbocycles. The molecule has 1 fully saturated rings. The largest absolute Gasteiger partial charge is 0.353 e. The quantitative estimate of drug-likeness (QED) is 0.340. The predicted molar refractivity (Wildman–Crippen MR) is 114 cm³/mol. The van der Waals surface area contributed by atoms with Crippen LogP contribution in [0.1, 0.15) is 23.7 Å². The number of rotatable bonds is 4. The van der Waals surface area contributed by atoms with Crippen molar-refractivity contribution >= 4 is 47.2 Å². The highest BCUT2D eigenvalue weighted by atomic mass is 127. The minimum Gasteiger partial charge on any atom is -0.353 e. The summed E-state index contributed by atoms with van der Waals surface area (Å²) < 4.78 is 1.96. The van der Waals surface area contributed by atoms with Gasteiger partial charge in [-0.15, -0.1) is 34.2 Å². The van der Waals surface area contributed by atoms with Crippen molar-refractivity contribution in [2.24, 2.45) is 4.99 Å². The van der Waals surface area contributed by atoms with E-state index in [2.05, 4.69) is 31.9 Å². The number of hydrogen-bond donors (Lipinski definition) is 2. The van der Waals surface area contributed by atoms with Crippen LogP contribution < -0.4 is 10.6 Å². The van der Waals surface area contributed by atoms with Gasteiger partial charge in [0.05, 0.1) is 6.54 Å². The second-order valence-corrected chi connectivity index (χ2v) is 6.56. The normalized spacial score (nSPS) is 19.1. The number of nitrogens with zero attached hydrogens (tertiary/aromatic N) is 4. The Morgan fingerprint density at radius 3 is 2.96 bits per heavy atom. The minimum absolute atomic E-state index is 0. The van der Waals surface area contributed by atoms with Crippen molar-refractivity contribution in [3.05, 3.63) is 65.1 Å². The molecule has 1 aliphatic carbocycles. The number of nitrogens with one attached hydrogen (secondary N) is 2. The maximum absolute atomic E-state index is 6.08. The van der Waals surface area contributed by atoms with Crippen molar-refractivity contribution in [2.75, 3.05) is 7.05 Å². The van der Waals surface area contributed by atoms with Gasteiger partial charge in [0, 0.05) is 30.2 Å². The molecule has 2 aromatic heterocycles. The molecule has 0 bridgehead atoms. The summed E-state index contributed by atoms with van der Waals surface area (Å²) in [5, 5.41) is 15.9. The lowest BCUT2D eigenvalue weighted by Crippen LogP contribution is -2.39. The summed E-state index contributed by atoms with van der Waals surface area (Å²) in [5.74, 6) is 2.09. The maximum atomic E-state index is 6.08. The third-order valence-corrected chi connectivity index (χ3v) is 4.65. The fourth-order valence-electron chi connectivity index (χ4n) is 3.00. The average Bonchev–Trinajstić information content (AvgIpc) is 3.29. The Morgan fingerprint density at radius 1 is 1.27 bits per heavy atom. The average molecular weight is 483 g/mol. The van der Waals surface area contributed by atoms with Crippen LogP contribution in [0, 0.1) is 0 Å². The van der Waals surface area contributed by atoms with E-state index in [0.29, 0.717) is 18.5 Å². The summed E-state index contributed by atoms with van der Waals surface area (Å²) in [6, 6.07) is 14.3. The van der Waals surface area contributed by atoms with Gasteiger partial charge >= 0.3 is 0 Å². The Balaban J connectivity index is 0.00000196. The molecule has 0 aliphatic heterocycles. The van der Waals surface area contributed by atoms with Crippen LogP contribution in [0.4, 0.5) is 0 Å². The molecular formula is C18H20ClIN6.